The van der Waals surface area contributed by atoms with E-state index in [0.29, 0.717) is 0 Å². The molecule has 1 aromatic rings. The molecular formula is C13H21NO2. The number of ether oxygens (including phenoxy) is 2. The average Bonchev–Trinajstić information content (AvgIpc) is 2.29. The Hall–Kier alpha value is -1.22. The Kier molecular flexibility index (Phi) is 5.12. The Morgan fingerprint density at radius 3 is 2.44 bits per heavy atom. The van der Waals surface area contributed by atoms with E-state index in [1.165, 1.54) is 5.56 Å². The highest BCUT2D eigenvalue weighted by atomic mass is 16.5. The summed E-state index contributed by atoms with van der Waals surface area (Å²) < 4.78 is 10.4. The molecule has 0 saturated heterocycles. The van der Waals surface area contributed by atoms with E-state index >= 15 is 0 Å². The summed E-state index contributed by atoms with van der Waals surface area (Å²) in [6.07, 6.45) is 3.05. The van der Waals surface area contributed by atoms with Crippen molar-refractivity contribution < 1.29 is 9.47 Å². The fourth-order valence-electron chi connectivity index (χ4n) is 1.78. The second kappa shape index (κ2) is 6.38. The van der Waals surface area contributed by atoms with Gasteiger partial charge >= 0.3 is 0 Å². The molecule has 0 amide bonds. The standard InChI is InChI=1S/C13H21NO2/c1-4-5-11(14)8-10-6-7-12(15-2)13(9-10)16-3/h6-7,9,11H,4-5,8,14H2,1-3H3/t11-/m0/s1. The Morgan fingerprint density at radius 1 is 1.19 bits per heavy atom. The number of nitrogens with two attached hydrogens (primary N) is 1. The molecule has 16 heavy (non-hydrogen) atoms. The quantitative estimate of drug-likeness (QED) is 0.805. The third-order valence-electron chi connectivity index (χ3n) is 2.61. The topological polar surface area (TPSA) is 44.5 Å². The van der Waals surface area contributed by atoms with Gasteiger partial charge in [0.1, 0.15) is 0 Å². The molecule has 0 aromatic heterocycles. The number of benzene rings is 1. The van der Waals surface area contributed by atoms with Crippen molar-refractivity contribution in [2.75, 3.05) is 14.2 Å². The van der Waals surface area contributed by atoms with Crippen molar-refractivity contribution in [1.29, 1.82) is 0 Å². The van der Waals surface area contributed by atoms with E-state index in [-0.39, 0.29) is 6.04 Å². The number of hydrogen-bond donors (Lipinski definition) is 1. The van der Waals surface area contributed by atoms with Gasteiger partial charge in [0.05, 0.1) is 14.2 Å². The second-order valence-electron chi connectivity index (χ2n) is 3.94. The molecule has 2 N–H and O–H groups in total. The molecule has 90 valence electrons. The van der Waals surface area contributed by atoms with Crippen LogP contribution in [0.2, 0.25) is 0 Å². The normalized spacial score (nSPS) is 12.2. The second-order valence-corrected chi connectivity index (χ2v) is 3.94. The molecule has 1 atom stereocenters. The predicted octanol–water partition coefficient (Wildman–Crippen LogP) is 2.37. The van der Waals surface area contributed by atoms with Crippen molar-refractivity contribution in [3.05, 3.63) is 23.8 Å². The van der Waals surface area contributed by atoms with Crippen molar-refractivity contribution in [2.24, 2.45) is 5.73 Å². The first-order valence-electron chi connectivity index (χ1n) is 5.67. The van der Waals surface area contributed by atoms with Crippen molar-refractivity contribution >= 4 is 0 Å². The minimum Gasteiger partial charge on any atom is -0.493 e. The first kappa shape index (κ1) is 12.8. The summed E-state index contributed by atoms with van der Waals surface area (Å²) in [5, 5.41) is 0. The van der Waals surface area contributed by atoms with E-state index in [4.69, 9.17) is 15.2 Å². The van der Waals surface area contributed by atoms with Crippen LogP contribution >= 0.6 is 0 Å². The van der Waals surface area contributed by atoms with Gasteiger partial charge in [-0.3, -0.25) is 0 Å². The van der Waals surface area contributed by atoms with Crippen LogP contribution in [0.1, 0.15) is 25.3 Å². The maximum Gasteiger partial charge on any atom is 0.160 e. The third-order valence-corrected chi connectivity index (χ3v) is 2.61. The van der Waals surface area contributed by atoms with E-state index in [2.05, 4.69) is 6.92 Å². The van der Waals surface area contributed by atoms with E-state index in [1.54, 1.807) is 14.2 Å². The predicted molar refractivity (Wildman–Crippen MR) is 66.1 cm³/mol. The SMILES string of the molecule is CCC[C@H](N)Cc1ccc(OC)c(OC)c1. The van der Waals surface area contributed by atoms with Crippen LogP contribution in [0.4, 0.5) is 0 Å². The first-order valence-corrected chi connectivity index (χ1v) is 5.67. The summed E-state index contributed by atoms with van der Waals surface area (Å²) in [7, 11) is 3.29. The van der Waals surface area contributed by atoms with Gasteiger partial charge in [-0.05, 0) is 30.5 Å². The zero-order valence-corrected chi connectivity index (χ0v) is 10.3. The monoisotopic (exact) mass is 223 g/mol. The maximum atomic E-state index is 6.01. The molecule has 1 aromatic carbocycles. The summed E-state index contributed by atoms with van der Waals surface area (Å²) in [6.45, 7) is 2.15. The van der Waals surface area contributed by atoms with Gasteiger partial charge in [0.15, 0.2) is 11.5 Å². The highest BCUT2D eigenvalue weighted by molar-refractivity contribution is 5.43. The molecule has 0 unspecified atom stereocenters. The number of rotatable bonds is 6. The van der Waals surface area contributed by atoms with Crippen molar-refractivity contribution in [3.8, 4) is 11.5 Å². The number of methoxy groups -OCH3 is 2. The minimum absolute atomic E-state index is 0.225. The summed E-state index contributed by atoms with van der Waals surface area (Å²) in [4.78, 5) is 0. The fourth-order valence-corrected chi connectivity index (χ4v) is 1.78. The van der Waals surface area contributed by atoms with Gasteiger partial charge in [0.25, 0.3) is 0 Å². The molecule has 0 fully saturated rings. The van der Waals surface area contributed by atoms with E-state index in [0.717, 1.165) is 30.8 Å². The van der Waals surface area contributed by atoms with E-state index in [9.17, 15) is 0 Å². The lowest BCUT2D eigenvalue weighted by Crippen LogP contribution is -2.22. The van der Waals surface area contributed by atoms with Gasteiger partial charge in [0, 0.05) is 6.04 Å². The first-order chi connectivity index (χ1) is 7.71. The maximum absolute atomic E-state index is 6.01. The summed E-state index contributed by atoms with van der Waals surface area (Å²) in [5.74, 6) is 1.53. The fraction of sp³-hybridized carbons (Fsp3) is 0.538. The molecule has 3 nitrogen and oxygen atoms in total. The highest BCUT2D eigenvalue weighted by Crippen LogP contribution is 2.28. The van der Waals surface area contributed by atoms with Gasteiger partial charge in [-0.2, -0.15) is 0 Å². The molecule has 0 spiro atoms. The third kappa shape index (κ3) is 3.42. The molecule has 3 heteroatoms. The molecule has 0 radical (unpaired) electrons. The Bertz CT molecular complexity index is 326. The molecule has 0 aliphatic carbocycles. The largest absolute Gasteiger partial charge is 0.493 e. The van der Waals surface area contributed by atoms with Gasteiger partial charge in [-0.1, -0.05) is 19.4 Å². The van der Waals surface area contributed by atoms with Crippen LogP contribution in [0.25, 0.3) is 0 Å². The lowest BCUT2D eigenvalue weighted by molar-refractivity contribution is 0.354. The average molecular weight is 223 g/mol. The van der Waals surface area contributed by atoms with Crippen LogP contribution in [-0.4, -0.2) is 20.3 Å². The summed E-state index contributed by atoms with van der Waals surface area (Å²) in [5.41, 5.74) is 7.20. The molecular weight excluding hydrogens is 202 g/mol. The molecule has 0 heterocycles. The lowest BCUT2D eigenvalue weighted by Gasteiger charge is -2.13. The summed E-state index contributed by atoms with van der Waals surface area (Å²) >= 11 is 0. The Labute approximate surface area is 97.6 Å². The van der Waals surface area contributed by atoms with Crippen molar-refractivity contribution in [1.82, 2.24) is 0 Å². The van der Waals surface area contributed by atoms with Crippen LogP contribution in [0.15, 0.2) is 18.2 Å². The van der Waals surface area contributed by atoms with Gasteiger partial charge in [-0.25, -0.2) is 0 Å². The van der Waals surface area contributed by atoms with Gasteiger partial charge in [0.2, 0.25) is 0 Å². The smallest absolute Gasteiger partial charge is 0.160 e. The van der Waals surface area contributed by atoms with Crippen LogP contribution in [-0.2, 0) is 6.42 Å². The van der Waals surface area contributed by atoms with Crippen LogP contribution in [0.5, 0.6) is 11.5 Å². The van der Waals surface area contributed by atoms with E-state index < -0.39 is 0 Å². The molecule has 0 aliphatic rings. The summed E-state index contributed by atoms with van der Waals surface area (Å²) in [6, 6.07) is 6.18. The minimum atomic E-state index is 0.225. The highest BCUT2D eigenvalue weighted by Gasteiger charge is 2.07. The zero-order chi connectivity index (χ0) is 12.0. The molecule has 1 rings (SSSR count). The molecule has 0 bridgehead atoms. The Morgan fingerprint density at radius 2 is 1.88 bits per heavy atom. The van der Waals surface area contributed by atoms with Crippen molar-refractivity contribution in [3.63, 3.8) is 0 Å². The molecule has 0 saturated carbocycles. The number of hydrogen-bond acceptors (Lipinski definition) is 3. The van der Waals surface area contributed by atoms with Gasteiger partial charge < -0.3 is 15.2 Å². The zero-order valence-electron chi connectivity index (χ0n) is 10.3. The Balaban J connectivity index is 2.74. The van der Waals surface area contributed by atoms with Gasteiger partial charge in [-0.15, -0.1) is 0 Å². The van der Waals surface area contributed by atoms with E-state index in [1.807, 2.05) is 18.2 Å². The van der Waals surface area contributed by atoms with Crippen LogP contribution in [0, 0.1) is 0 Å². The molecule has 0 aliphatic heterocycles. The van der Waals surface area contributed by atoms with Crippen molar-refractivity contribution in [2.45, 2.75) is 32.2 Å². The van der Waals surface area contributed by atoms with Crippen LogP contribution in [0.3, 0.4) is 0 Å². The van der Waals surface area contributed by atoms with Crippen LogP contribution < -0.4 is 15.2 Å². The lowest BCUT2D eigenvalue weighted by atomic mass is 10.0.